The highest BCUT2D eigenvalue weighted by atomic mass is 16.3. The lowest BCUT2D eigenvalue weighted by molar-refractivity contribution is 0.135. The van der Waals surface area contributed by atoms with Gasteiger partial charge in [-0.25, -0.2) is 0 Å². The van der Waals surface area contributed by atoms with Crippen LogP contribution in [0.15, 0.2) is 36.6 Å². The molecular formula is C13H23NO. The third kappa shape index (κ3) is 2.51. The molecule has 0 saturated heterocycles. The van der Waals surface area contributed by atoms with E-state index in [1.54, 1.807) is 12.2 Å². The highest BCUT2D eigenvalue weighted by molar-refractivity contribution is 5.39. The Morgan fingerprint density at radius 2 is 1.87 bits per heavy atom. The van der Waals surface area contributed by atoms with Gasteiger partial charge < -0.3 is 10.0 Å². The fourth-order valence-electron chi connectivity index (χ4n) is 1.94. The summed E-state index contributed by atoms with van der Waals surface area (Å²) < 4.78 is 0. The third-order valence-corrected chi connectivity index (χ3v) is 2.69. The third-order valence-electron chi connectivity index (χ3n) is 2.69. The first-order chi connectivity index (χ1) is 7.17. The van der Waals surface area contributed by atoms with E-state index in [4.69, 9.17) is 0 Å². The van der Waals surface area contributed by atoms with Crippen LogP contribution in [0.25, 0.3) is 0 Å². The van der Waals surface area contributed by atoms with Gasteiger partial charge in [0.25, 0.3) is 0 Å². The van der Waals surface area contributed by atoms with E-state index in [2.05, 4.69) is 25.0 Å². The first-order valence-corrected chi connectivity index (χ1v) is 5.57. The van der Waals surface area contributed by atoms with Gasteiger partial charge in [0.05, 0.1) is 6.04 Å². The van der Waals surface area contributed by atoms with Gasteiger partial charge in [0.15, 0.2) is 0 Å². The van der Waals surface area contributed by atoms with E-state index >= 15 is 0 Å². The lowest BCUT2D eigenvalue weighted by Gasteiger charge is -2.24. The first kappa shape index (κ1) is 14.0. The van der Waals surface area contributed by atoms with E-state index in [-0.39, 0.29) is 6.04 Å². The van der Waals surface area contributed by atoms with Crippen LogP contribution in [0.2, 0.25) is 0 Å². The maximum atomic E-state index is 9.90. The normalized spacial score (nSPS) is 24.7. The minimum Gasteiger partial charge on any atom is -0.386 e. The molecule has 86 valence electrons. The Morgan fingerprint density at radius 3 is 2.13 bits per heavy atom. The summed E-state index contributed by atoms with van der Waals surface area (Å²) in [5.41, 5.74) is 1.89. The second-order valence-corrected chi connectivity index (χ2v) is 3.28. The van der Waals surface area contributed by atoms with E-state index < -0.39 is 6.10 Å². The first-order valence-electron chi connectivity index (χ1n) is 5.57. The van der Waals surface area contributed by atoms with E-state index in [0.29, 0.717) is 0 Å². The standard InChI is InChI=1S/C11H17NO.C2H6/c1-5-8-9(6-2)12(4)10(7-3)11(8)13;1-2/h5-6,10-11,13H,1-2,7H2,3-4H3;1-2H3. The van der Waals surface area contributed by atoms with Crippen molar-refractivity contribution in [2.75, 3.05) is 7.05 Å². The predicted octanol–water partition coefficient (Wildman–Crippen LogP) is 2.72. The molecule has 2 heteroatoms. The van der Waals surface area contributed by atoms with Crippen molar-refractivity contribution in [2.45, 2.75) is 39.3 Å². The zero-order valence-electron chi connectivity index (χ0n) is 10.3. The van der Waals surface area contributed by atoms with Crippen molar-refractivity contribution in [3.05, 3.63) is 36.6 Å². The van der Waals surface area contributed by atoms with Crippen molar-refractivity contribution < 1.29 is 5.11 Å². The van der Waals surface area contributed by atoms with Crippen LogP contribution in [-0.2, 0) is 0 Å². The zero-order valence-corrected chi connectivity index (χ0v) is 10.3. The van der Waals surface area contributed by atoms with Gasteiger partial charge >= 0.3 is 0 Å². The molecule has 0 aromatic carbocycles. The van der Waals surface area contributed by atoms with Crippen molar-refractivity contribution in [1.29, 1.82) is 0 Å². The van der Waals surface area contributed by atoms with Gasteiger partial charge in [0.1, 0.15) is 6.10 Å². The lowest BCUT2D eigenvalue weighted by Crippen LogP contribution is -2.33. The van der Waals surface area contributed by atoms with Gasteiger partial charge in [-0.1, -0.05) is 40.0 Å². The summed E-state index contributed by atoms with van der Waals surface area (Å²) in [5.74, 6) is 0. The Labute approximate surface area is 93.6 Å². The molecule has 0 aromatic heterocycles. The van der Waals surface area contributed by atoms with E-state index in [1.807, 2.05) is 20.9 Å². The Bertz CT molecular complexity index is 231. The van der Waals surface area contributed by atoms with Crippen LogP contribution < -0.4 is 0 Å². The second kappa shape index (κ2) is 6.46. The largest absolute Gasteiger partial charge is 0.386 e. The smallest absolute Gasteiger partial charge is 0.101 e. The molecule has 0 aromatic rings. The summed E-state index contributed by atoms with van der Waals surface area (Å²) in [6.45, 7) is 13.5. The molecule has 0 radical (unpaired) electrons. The fourth-order valence-corrected chi connectivity index (χ4v) is 1.94. The van der Waals surface area contributed by atoms with Crippen molar-refractivity contribution in [1.82, 2.24) is 4.90 Å². The molecule has 1 rings (SSSR count). The molecular weight excluding hydrogens is 186 g/mol. The van der Waals surface area contributed by atoms with Crippen molar-refractivity contribution in [3.63, 3.8) is 0 Å². The molecule has 0 aliphatic carbocycles. The van der Waals surface area contributed by atoms with Gasteiger partial charge in [0, 0.05) is 18.3 Å². The maximum absolute atomic E-state index is 9.90. The molecule has 0 saturated carbocycles. The number of likely N-dealkylation sites (N-methyl/N-ethyl adjacent to an activating group) is 1. The van der Waals surface area contributed by atoms with Crippen LogP contribution in [0.4, 0.5) is 0 Å². The summed E-state index contributed by atoms with van der Waals surface area (Å²) in [7, 11) is 1.98. The van der Waals surface area contributed by atoms with Gasteiger partial charge in [-0.05, 0) is 12.5 Å². The van der Waals surface area contributed by atoms with Crippen LogP contribution >= 0.6 is 0 Å². The van der Waals surface area contributed by atoms with E-state index in [0.717, 1.165) is 17.7 Å². The van der Waals surface area contributed by atoms with Crippen LogP contribution in [0.5, 0.6) is 0 Å². The summed E-state index contributed by atoms with van der Waals surface area (Å²) >= 11 is 0. The second-order valence-electron chi connectivity index (χ2n) is 3.28. The molecule has 2 unspecified atom stereocenters. The van der Waals surface area contributed by atoms with Crippen molar-refractivity contribution in [2.24, 2.45) is 0 Å². The zero-order chi connectivity index (χ0) is 12.0. The highest BCUT2D eigenvalue weighted by Gasteiger charge is 2.33. The number of nitrogens with zero attached hydrogens (tertiary/aromatic N) is 1. The van der Waals surface area contributed by atoms with E-state index in [9.17, 15) is 5.11 Å². The number of aliphatic hydroxyl groups is 1. The number of aliphatic hydroxyl groups excluding tert-OH is 1. The predicted molar refractivity (Wildman–Crippen MR) is 66.6 cm³/mol. The SMILES string of the molecule is C=CC1=C(C=C)N(C)C(CC)C1O.CC. The molecule has 2 atom stereocenters. The molecule has 2 nitrogen and oxygen atoms in total. The van der Waals surface area contributed by atoms with E-state index in [1.165, 1.54) is 0 Å². The Morgan fingerprint density at radius 1 is 1.33 bits per heavy atom. The monoisotopic (exact) mass is 209 g/mol. The molecule has 1 aliphatic heterocycles. The summed E-state index contributed by atoms with van der Waals surface area (Å²) in [4.78, 5) is 2.06. The van der Waals surface area contributed by atoms with Crippen molar-refractivity contribution in [3.8, 4) is 0 Å². The molecule has 1 N–H and O–H groups in total. The maximum Gasteiger partial charge on any atom is 0.101 e. The lowest BCUT2D eigenvalue weighted by atomic mass is 10.0. The topological polar surface area (TPSA) is 23.5 Å². The van der Waals surface area contributed by atoms with Crippen LogP contribution in [0, 0.1) is 0 Å². The van der Waals surface area contributed by atoms with Gasteiger partial charge in [0.2, 0.25) is 0 Å². The summed E-state index contributed by atoms with van der Waals surface area (Å²) in [5, 5.41) is 9.90. The van der Waals surface area contributed by atoms with Gasteiger partial charge in [-0.3, -0.25) is 0 Å². The Balaban J connectivity index is 0.000000921. The molecule has 15 heavy (non-hydrogen) atoms. The molecule has 1 aliphatic rings. The number of hydrogen-bond donors (Lipinski definition) is 1. The molecule has 0 spiro atoms. The van der Waals surface area contributed by atoms with Crippen LogP contribution in [0.1, 0.15) is 27.2 Å². The molecule has 1 heterocycles. The number of hydrogen-bond acceptors (Lipinski definition) is 2. The van der Waals surface area contributed by atoms with Gasteiger partial charge in [-0.2, -0.15) is 0 Å². The number of rotatable bonds is 3. The minimum absolute atomic E-state index is 0.168. The quantitative estimate of drug-likeness (QED) is 0.772. The minimum atomic E-state index is -0.416. The van der Waals surface area contributed by atoms with Crippen LogP contribution in [-0.4, -0.2) is 29.2 Å². The molecule has 0 fully saturated rings. The fraction of sp³-hybridized carbons (Fsp3) is 0.538. The Kier molecular flexibility index (Phi) is 6.02. The molecule has 0 bridgehead atoms. The van der Waals surface area contributed by atoms with Gasteiger partial charge in [-0.15, -0.1) is 0 Å². The summed E-state index contributed by atoms with van der Waals surface area (Å²) in [6, 6.07) is 0.168. The van der Waals surface area contributed by atoms with Crippen LogP contribution in [0.3, 0.4) is 0 Å². The van der Waals surface area contributed by atoms with Crippen molar-refractivity contribution >= 4 is 0 Å². The number of allylic oxidation sites excluding steroid dienone is 1. The molecule has 0 amide bonds. The summed E-state index contributed by atoms with van der Waals surface area (Å²) in [6.07, 6.45) is 4.00. The average Bonchev–Trinajstić information content (AvgIpc) is 2.51. The Hall–Kier alpha value is -1.02. The average molecular weight is 209 g/mol. The highest BCUT2D eigenvalue weighted by Crippen LogP contribution is 2.30.